The van der Waals surface area contributed by atoms with Gasteiger partial charge in [-0.3, -0.25) is 14.4 Å². The molecule has 0 bridgehead atoms. The number of nitrogens with one attached hydrogen (secondary N) is 1. The van der Waals surface area contributed by atoms with E-state index in [9.17, 15) is 24.4 Å². The molecule has 8 rings (SSSR count). The van der Waals surface area contributed by atoms with Crippen LogP contribution in [0.3, 0.4) is 0 Å². The Morgan fingerprint density at radius 1 is 0.659 bits per heavy atom. The number of hydrogen-bond acceptors (Lipinski definition) is 16. The summed E-state index contributed by atoms with van der Waals surface area (Å²) in [6, 6.07) is 42.3. The highest BCUT2D eigenvalue weighted by molar-refractivity contribution is 7.44. The van der Waals surface area contributed by atoms with E-state index in [1.807, 2.05) is 78.9 Å². The van der Waals surface area contributed by atoms with Crippen LogP contribution in [0.4, 0.5) is 0 Å². The van der Waals surface area contributed by atoms with Crippen molar-refractivity contribution >= 4 is 32.3 Å². The molecule has 1 spiro atoms. The first-order chi connectivity index (χ1) is 40.5. The van der Waals surface area contributed by atoms with Crippen LogP contribution in [-0.4, -0.2) is 93.9 Å². The molecule has 1 amide bonds. The minimum absolute atomic E-state index is 0.0248. The third-order valence-corrected chi connectivity index (χ3v) is 16.5. The van der Waals surface area contributed by atoms with E-state index in [2.05, 4.69) is 43.8 Å². The number of esters is 3. The normalized spacial score (nSPS) is 14.1. The molecule has 2 heterocycles. The highest BCUT2D eigenvalue weighted by Gasteiger charge is 2.54. The molecule has 0 aromatic heterocycles. The molecule has 2 aliphatic rings. The van der Waals surface area contributed by atoms with Crippen LogP contribution in [0.1, 0.15) is 136 Å². The van der Waals surface area contributed by atoms with Crippen LogP contribution in [0.5, 0.6) is 34.5 Å². The minimum atomic E-state index is -1.73. The molecule has 0 saturated heterocycles. The second-order valence-corrected chi connectivity index (χ2v) is 24.7. The standard InChI is InChI=1S/C67H76N3O14P/c1-43(2)70(44(3)4)85(79-37-16-34-68)84-53(42-78-66(46-18-14-13-15-19-46,47-21-25-49(75-11)26-22-47)48-23-27-50(76-12)28-24-48)41-77-36-17-35-69-60(71)45-20-31-55-54(38-45)61(72)83-67(55)56-32-29-51(80-62(73)64(5,6)7)39-58(56)82-59-40-52(30-33-57(59)67)81-63(74)65(8,9)10/h13-15,18-33,38-40,43-44,53H,16-17,35-37,41-42H2,1-12H3,(H,69,71). The molecule has 2 unspecified atom stereocenters. The second kappa shape index (κ2) is 27.1. The van der Waals surface area contributed by atoms with Gasteiger partial charge in [0, 0.05) is 59.6 Å². The Morgan fingerprint density at radius 2 is 1.18 bits per heavy atom. The van der Waals surface area contributed by atoms with E-state index < -0.39 is 60.5 Å². The van der Waals surface area contributed by atoms with Crippen molar-refractivity contribution < 1.29 is 66.1 Å². The van der Waals surface area contributed by atoms with Gasteiger partial charge in [0.05, 0.1) is 62.9 Å². The summed E-state index contributed by atoms with van der Waals surface area (Å²) in [7, 11) is 1.52. The summed E-state index contributed by atoms with van der Waals surface area (Å²) in [5.74, 6) is 0.230. The summed E-state index contributed by atoms with van der Waals surface area (Å²) in [5.41, 5.74) is -0.0561. The summed E-state index contributed by atoms with van der Waals surface area (Å²) in [5, 5.41) is 12.5. The summed E-state index contributed by atoms with van der Waals surface area (Å²) < 4.78 is 64.7. The predicted octanol–water partition coefficient (Wildman–Crippen LogP) is 13.0. The van der Waals surface area contributed by atoms with Gasteiger partial charge in [-0.1, -0.05) is 60.7 Å². The van der Waals surface area contributed by atoms with Crippen molar-refractivity contribution in [1.29, 1.82) is 5.26 Å². The molecular weight excluding hydrogens is 1100 g/mol. The molecule has 0 aliphatic carbocycles. The van der Waals surface area contributed by atoms with Crippen molar-refractivity contribution in [3.05, 3.63) is 178 Å². The van der Waals surface area contributed by atoms with Gasteiger partial charge < -0.3 is 52.3 Å². The smallest absolute Gasteiger partial charge is 0.340 e. The number of methoxy groups -OCH3 is 2. The lowest BCUT2D eigenvalue weighted by Crippen LogP contribution is -2.39. The first-order valence-corrected chi connectivity index (χ1v) is 29.6. The van der Waals surface area contributed by atoms with E-state index in [-0.39, 0.29) is 85.6 Å². The van der Waals surface area contributed by atoms with Crippen molar-refractivity contribution in [2.75, 3.05) is 47.2 Å². The Hall–Kier alpha value is -7.68. The molecule has 2 atom stereocenters. The van der Waals surface area contributed by atoms with Crippen molar-refractivity contribution in [3.63, 3.8) is 0 Å². The Balaban J connectivity index is 1.02. The van der Waals surface area contributed by atoms with Crippen molar-refractivity contribution in [2.24, 2.45) is 10.8 Å². The highest BCUT2D eigenvalue weighted by atomic mass is 31.2. The molecule has 448 valence electrons. The number of amides is 1. The lowest BCUT2D eigenvalue weighted by atomic mass is 9.77. The number of benzene rings is 6. The SMILES string of the molecule is COc1ccc(C(OCC(COCCCNC(=O)c2ccc3c(c2)C(=O)OC32c3ccc(OC(=O)C(C)(C)C)cc3Oc3cc(OC(=O)C(C)(C)C)ccc32)OP(OCCC#N)N(C(C)C)C(C)C)(c2ccccc2)c2ccc(OC)cc2)cc1. The average Bonchev–Trinajstić information content (AvgIpc) is 1.69. The molecule has 1 N–H and O–H groups in total. The molecule has 2 aliphatic heterocycles. The van der Waals surface area contributed by atoms with E-state index in [0.29, 0.717) is 34.6 Å². The molecule has 0 radical (unpaired) electrons. The molecule has 17 nitrogen and oxygen atoms in total. The molecule has 0 saturated carbocycles. The van der Waals surface area contributed by atoms with E-state index in [1.165, 1.54) is 6.07 Å². The van der Waals surface area contributed by atoms with Gasteiger partial charge in [0.2, 0.25) is 0 Å². The topological polar surface area (TPSA) is 200 Å². The second-order valence-electron chi connectivity index (χ2n) is 23.3. The van der Waals surface area contributed by atoms with Gasteiger partial charge >= 0.3 is 17.9 Å². The first kappa shape index (κ1) is 63.3. The van der Waals surface area contributed by atoms with Crippen LogP contribution >= 0.6 is 8.53 Å². The van der Waals surface area contributed by atoms with Crippen LogP contribution in [0.25, 0.3) is 0 Å². The maximum atomic E-state index is 14.2. The summed E-state index contributed by atoms with van der Waals surface area (Å²) in [6.45, 7) is 19.5. The van der Waals surface area contributed by atoms with Crippen molar-refractivity contribution in [3.8, 4) is 40.6 Å². The van der Waals surface area contributed by atoms with Gasteiger partial charge in [-0.15, -0.1) is 0 Å². The number of carbonyl (C=O) groups excluding carboxylic acids is 4. The van der Waals surface area contributed by atoms with Crippen LogP contribution in [0, 0.1) is 22.2 Å². The van der Waals surface area contributed by atoms with E-state index in [4.69, 9.17) is 46.9 Å². The van der Waals surface area contributed by atoms with E-state index in [1.54, 1.807) is 104 Å². The molecule has 6 aromatic rings. The fraction of sp³-hybridized carbons (Fsp3) is 0.388. The number of nitriles is 1. The zero-order valence-electron chi connectivity index (χ0n) is 50.4. The Morgan fingerprint density at radius 3 is 1.68 bits per heavy atom. The Bertz CT molecular complexity index is 3230. The van der Waals surface area contributed by atoms with Gasteiger partial charge in [0.25, 0.3) is 14.4 Å². The maximum Gasteiger partial charge on any atom is 0.340 e. The van der Waals surface area contributed by atoms with Crippen LogP contribution in [-0.2, 0) is 44.0 Å². The van der Waals surface area contributed by atoms with Gasteiger partial charge in [-0.2, -0.15) is 5.26 Å². The fourth-order valence-electron chi connectivity index (χ4n) is 9.99. The number of nitrogens with zero attached hydrogens (tertiary/aromatic N) is 2. The van der Waals surface area contributed by atoms with Gasteiger partial charge in [0.1, 0.15) is 46.2 Å². The quantitative estimate of drug-likeness (QED) is 0.0186. The molecule has 6 aromatic carbocycles. The first-order valence-electron chi connectivity index (χ1n) is 28.4. The Labute approximate surface area is 499 Å². The lowest BCUT2D eigenvalue weighted by molar-refractivity contribution is -0.143. The largest absolute Gasteiger partial charge is 0.497 e. The van der Waals surface area contributed by atoms with Gasteiger partial charge in [0.15, 0.2) is 5.60 Å². The third-order valence-electron chi connectivity index (χ3n) is 14.3. The molecular formula is C67H76N3O14P. The van der Waals surface area contributed by atoms with Crippen LogP contribution in [0.15, 0.2) is 133 Å². The molecule has 18 heteroatoms. The molecule has 85 heavy (non-hydrogen) atoms. The van der Waals surface area contributed by atoms with Crippen molar-refractivity contribution in [1.82, 2.24) is 9.99 Å². The highest BCUT2D eigenvalue weighted by Crippen LogP contribution is 2.57. The van der Waals surface area contributed by atoms with Crippen LogP contribution < -0.4 is 29.0 Å². The monoisotopic (exact) mass is 1180 g/mol. The summed E-state index contributed by atoms with van der Waals surface area (Å²) in [4.78, 5) is 54.1. The van der Waals surface area contributed by atoms with Crippen LogP contribution in [0.2, 0.25) is 0 Å². The summed E-state index contributed by atoms with van der Waals surface area (Å²) >= 11 is 0. The lowest BCUT2D eigenvalue weighted by Gasteiger charge is -2.39. The number of fused-ring (bicyclic) bond motifs is 6. The van der Waals surface area contributed by atoms with Crippen molar-refractivity contribution in [2.45, 2.75) is 111 Å². The predicted molar refractivity (Wildman–Crippen MR) is 321 cm³/mol. The zero-order chi connectivity index (χ0) is 61.3. The number of hydrogen-bond donors (Lipinski definition) is 1. The fourth-order valence-corrected chi connectivity index (χ4v) is 11.7. The summed E-state index contributed by atoms with van der Waals surface area (Å²) in [6.07, 6.45) is -0.115. The minimum Gasteiger partial charge on any atom is -0.497 e. The zero-order valence-corrected chi connectivity index (χ0v) is 51.3. The maximum absolute atomic E-state index is 14.2. The average molecular weight is 1180 g/mol. The van der Waals surface area contributed by atoms with E-state index >= 15 is 0 Å². The molecule has 0 fully saturated rings. The number of carbonyl (C=O) groups is 4. The van der Waals surface area contributed by atoms with E-state index in [0.717, 1.165) is 16.7 Å². The number of ether oxygens (including phenoxy) is 8. The van der Waals surface area contributed by atoms with Gasteiger partial charge in [-0.05, 0) is 153 Å². The third kappa shape index (κ3) is 14.2. The Kier molecular flexibility index (Phi) is 20.2. The number of rotatable bonds is 25. The van der Waals surface area contributed by atoms with Gasteiger partial charge in [-0.25, -0.2) is 9.46 Å².